The van der Waals surface area contributed by atoms with E-state index in [2.05, 4.69) is 10.0 Å². The summed E-state index contributed by atoms with van der Waals surface area (Å²) in [5, 5.41) is 11.1. The van der Waals surface area contributed by atoms with Crippen molar-refractivity contribution >= 4 is 22.0 Å². The normalized spacial score (nSPS) is 12.9. The van der Waals surface area contributed by atoms with Crippen molar-refractivity contribution in [2.75, 3.05) is 26.4 Å². The molecule has 0 aromatic rings. The van der Waals surface area contributed by atoms with Gasteiger partial charge in [0.05, 0.1) is 6.26 Å². The minimum Gasteiger partial charge on any atom is -0.480 e. The highest BCUT2D eigenvalue weighted by Crippen LogP contribution is 1.95. The topological polar surface area (TPSA) is 116 Å². The lowest BCUT2D eigenvalue weighted by atomic mass is 10.3. The van der Waals surface area contributed by atoms with E-state index in [1.54, 1.807) is 0 Å². The number of urea groups is 1. The molecule has 17 heavy (non-hydrogen) atoms. The van der Waals surface area contributed by atoms with E-state index in [9.17, 15) is 18.0 Å². The van der Waals surface area contributed by atoms with Crippen molar-refractivity contribution in [1.82, 2.24) is 14.9 Å². The predicted molar refractivity (Wildman–Crippen MR) is 61.1 cm³/mol. The molecule has 3 N–H and O–H groups in total. The molecule has 0 fully saturated rings. The molecule has 8 nitrogen and oxygen atoms in total. The minimum absolute atomic E-state index is 0.0554. The summed E-state index contributed by atoms with van der Waals surface area (Å²) >= 11 is 0. The quantitative estimate of drug-likeness (QED) is 0.515. The van der Waals surface area contributed by atoms with Gasteiger partial charge in [0.1, 0.15) is 6.04 Å². The SMILES string of the molecule is CC(C(=O)O)N(C)C(=O)NCCNS(C)(=O)=O. The first-order valence-corrected chi connectivity index (χ1v) is 6.72. The highest BCUT2D eigenvalue weighted by atomic mass is 32.2. The highest BCUT2D eigenvalue weighted by molar-refractivity contribution is 7.88. The number of likely N-dealkylation sites (N-methyl/N-ethyl adjacent to an activating group) is 1. The van der Waals surface area contributed by atoms with Crippen molar-refractivity contribution in [3.05, 3.63) is 0 Å². The first-order chi connectivity index (χ1) is 7.65. The Morgan fingerprint density at radius 3 is 2.29 bits per heavy atom. The first-order valence-electron chi connectivity index (χ1n) is 4.83. The molecular weight excluding hydrogens is 250 g/mol. The molecule has 0 aromatic carbocycles. The monoisotopic (exact) mass is 267 g/mol. The second kappa shape index (κ2) is 6.40. The largest absolute Gasteiger partial charge is 0.480 e. The molecule has 0 aliphatic rings. The summed E-state index contributed by atoms with van der Waals surface area (Å²) in [6.07, 6.45) is 1.01. The number of carbonyl (C=O) groups excluding carboxylic acids is 1. The second-order valence-electron chi connectivity index (χ2n) is 3.52. The van der Waals surface area contributed by atoms with Crippen LogP contribution in [-0.2, 0) is 14.8 Å². The lowest BCUT2D eigenvalue weighted by Gasteiger charge is -2.21. The molecule has 0 bridgehead atoms. The predicted octanol–water partition coefficient (Wildman–Crippen LogP) is -1.35. The van der Waals surface area contributed by atoms with Gasteiger partial charge < -0.3 is 15.3 Å². The number of hydrogen-bond donors (Lipinski definition) is 3. The molecule has 0 aliphatic carbocycles. The summed E-state index contributed by atoms with van der Waals surface area (Å²) in [5.41, 5.74) is 0. The van der Waals surface area contributed by atoms with E-state index in [4.69, 9.17) is 5.11 Å². The van der Waals surface area contributed by atoms with Crippen LogP contribution in [0.2, 0.25) is 0 Å². The van der Waals surface area contributed by atoms with Crippen LogP contribution in [0.1, 0.15) is 6.92 Å². The number of carbonyl (C=O) groups is 2. The van der Waals surface area contributed by atoms with Gasteiger partial charge in [0.25, 0.3) is 0 Å². The Labute approximate surface area is 100 Å². The van der Waals surface area contributed by atoms with Crippen molar-refractivity contribution < 1.29 is 23.1 Å². The standard InChI is InChI=1S/C8H17N3O5S/c1-6(7(12)13)11(2)8(14)9-4-5-10-17(3,15)16/h6,10H,4-5H2,1-3H3,(H,9,14)(H,12,13). The average Bonchev–Trinajstić information content (AvgIpc) is 2.20. The summed E-state index contributed by atoms with van der Waals surface area (Å²) in [5.74, 6) is -1.11. The molecule has 0 saturated carbocycles. The molecule has 1 atom stereocenters. The molecule has 0 saturated heterocycles. The Hall–Kier alpha value is -1.35. The Balaban J connectivity index is 3.99. The fourth-order valence-electron chi connectivity index (χ4n) is 0.872. The van der Waals surface area contributed by atoms with Gasteiger partial charge in [0, 0.05) is 20.1 Å². The van der Waals surface area contributed by atoms with Crippen LogP contribution in [0.25, 0.3) is 0 Å². The third-order valence-corrected chi connectivity index (χ3v) is 2.75. The molecule has 1 unspecified atom stereocenters. The Bertz CT molecular complexity index is 381. The molecule has 0 rings (SSSR count). The number of nitrogens with zero attached hydrogens (tertiary/aromatic N) is 1. The molecule has 0 aromatic heterocycles. The van der Waals surface area contributed by atoms with Gasteiger partial charge >= 0.3 is 12.0 Å². The molecule has 0 heterocycles. The zero-order chi connectivity index (χ0) is 13.6. The van der Waals surface area contributed by atoms with Crippen molar-refractivity contribution in [1.29, 1.82) is 0 Å². The van der Waals surface area contributed by atoms with Gasteiger partial charge in [-0.1, -0.05) is 0 Å². The van der Waals surface area contributed by atoms with Crippen LogP contribution in [0.15, 0.2) is 0 Å². The van der Waals surface area contributed by atoms with Crippen molar-refractivity contribution in [3.63, 3.8) is 0 Å². The molecule has 0 spiro atoms. The fourth-order valence-corrected chi connectivity index (χ4v) is 1.34. The van der Waals surface area contributed by atoms with Gasteiger partial charge in [-0.2, -0.15) is 0 Å². The van der Waals surface area contributed by atoms with Gasteiger partial charge in [-0.05, 0) is 6.92 Å². The van der Waals surface area contributed by atoms with Crippen LogP contribution in [0, 0.1) is 0 Å². The average molecular weight is 267 g/mol. The van der Waals surface area contributed by atoms with Gasteiger partial charge in [-0.25, -0.2) is 22.7 Å². The molecular formula is C8H17N3O5S. The number of aliphatic carboxylic acids is 1. The fraction of sp³-hybridized carbons (Fsp3) is 0.750. The van der Waals surface area contributed by atoms with Crippen LogP contribution >= 0.6 is 0 Å². The Morgan fingerprint density at radius 1 is 1.35 bits per heavy atom. The lowest BCUT2D eigenvalue weighted by molar-refractivity contribution is -0.141. The maximum absolute atomic E-state index is 11.4. The lowest BCUT2D eigenvalue weighted by Crippen LogP contribution is -2.47. The van der Waals surface area contributed by atoms with E-state index < -0.39 is 28.1 Å². The van der Waals surface area contributed by atoms with Crippen LogP contribution < -0.4 is 10.0 Å². The zero-order valence-corrected chi connectivity index (χ0v) is 10.7. The number of nitrogens with one attached hydrogen (secondary N) is 2. The van der Waals surface area contributed by atoms with E-state index in [-0.39, 0.29) is 13.1 Å². The van der Waals surface area contributed by atoms with Gasteiger partial charge in [0.2, 0.25) is 10.0 Å². The maximum Gasteiger partial charge on any atom is 0.326 e. The van der Waals surface area contributed by atoms with Crippen LogP contribution in [0.5, 0.6) is 0 Å². The molecule has 9 heteroatoms. The summed E-state index contributed by atoms with van der Waals surface area (Å²) in [7, 11) is -1.94. The van der Waals surface area contributed by atoms with Crippen molar-refractivity contribution in [2.45, 2.75) is 13.0 Å². The minimum atomic E-state index is -3.28. The van der Waals surface area contributed by atoms with E-state index in [0.29, 0.717) is 0 Å². The molecule has 2 amide bonds. The van der Waals surface area contributed by atoms with Crippen molar-refractivity contribution in [3.8, 4) is 0 Å². The number of hydrogen-bond acceptors (Lipinski definition) is 4. The Morgan fingerprint density at radius 2 is 1.88 bits per heavy atom. The van der Waals surface area contributed by atoms with E-state index >= 15 is 0 Å². The number of carboxylic acid groups (broad SMARTS) is 1. The number of sulfonamides is 1. The number of carboxylic acids is 1. The third-order valence-electron chi connectivity index (χ3n) is 2.02. The summed E-state index contributed by atoms with van der Waals surface area (Å²) in [6.45, 7) is 1.51. The highest BCUT2D eigenvalue weighted by Gasteiger charge is 2.20. The van der Waals surface area contributed by atoms with Gasteiger partial charge in [-0.3, -0.25) is 0 Å². The molecule has 0 aliphatic heterocycles. The zero-order valence-electron chi connectivity index (χ0n) is 9.93. The number of rotatable bonds is 6. The van der Waals surface area contributed by atoms with E-state index in [1.807, 2.05) is 0 Å². The Kier molecular flexibility index (Phi) is 5.89. The van der Waals surface area contributed by atoms with Crippen LogP contribution in [0.4, 0.5) is 4.79 Å². The smallest absolute Gasteiger partial charge is 0.326 e. The summed E-state index contributed by atoms with van der Waals surface area (Å²) < 4.78 is 23.6. The third kappa shape index (κ3) is 6.74. The second-order valence-corrected chi connectivity index (χ2v) is 5.36. The van der Waals surface area contributed by atoms with Crippen molar-refractivity contribution in [2.24, 2.45) is 0 Å². The molecule has 100 valence electrons. The van der Waals surface area contributed by atoms with Crippen LogP contribution in [-0.4, -0.2) is 62.9 Å². The van der Waals surface area contributed by atoms with E-state index in [0.717, 1.165) is 11.2 Å². The van der Waals surface area contributed by atoms with Gasteiger partial charge in [-0.15, -0.1) is 0 Å². The molecule has 0 radical (unpaired) electrons. The van der Waals surface area contributed by atoms with E-state index in [1.165, 1.54) is 14.0 Å². The number of amides is 2. The summed E-state index contributed by atoms with van der Waals surface area (Å²) in [6, 6.07) is -1.52. The maximum atomic E-state index is 11.4. The first kappa shape index (κ1) is 15.7. The van der Waals surface area contributed by atoms with Gasteiger partial charge in [0.15, 0.2) is 0 Å². The summed E-state index contributed by atoms with van der Waals surface area (Å²) in [4.78, 5) is 23.0. The van der Waals surface area contributed by atoms with Crippen LogP contribution in [0.3, 0.4) is 0 Å².